The van der Waals surface area contributed by atoms with Crippen molar-refractivity contribution >= 4 is 27.6 Å². The minimum absolute atomic E-state index is 0.203. The van der Waals surface area contributed by atoms with Crippen LogP contribution in [0.4, 0.5) is 5.69 Å². The van der Waals surface area contributed by atoms with Gasteiger partial charge in [-0.15, -0.1) is 0 Å². The number of methoxy groups -OCH3 is 1. The van der Waals surface area contributed by atoms with E-state index in [1.165, 1.54) is 36.3 Å². The number of carbonyl (C=O) groups excluding carboxylic acids is 2. The fourth-order valence-electron chi connectivity index (χ4n) is 2.49. The summed E-state index contributed by atoms with van der Waals surface area (Å²) in [6.45, 7) is -0.00767. The average Bonchev–Trinajstić information content (AvgIpc) is 2.65. The summed E-state index contributed by atoms with van der Waals surface area (Å²) in [5.41, 5.74) is 1.36. The second-order valence-electron chi connectivity index (χ2n) is 6.05. The van der Waals surface area contributed by atoms with Crippen molar-refractivity contribution in [1.82, 2.24) is 4.90 Å². The average molecular weight is 390 g/mol. The van der Waals surface area contributed by atoms with Crippen molar-refractivity contribution in [3.05, 3.63) is 65.7 Å². The smallest absolute Gasteiger partial charge is 0.337 e. The summed E-state index contributed by atoms with van der Waals surface area (Å²) in [6.07, 6.45) is 1.02. The van der Waals surface area contributed by atoms with Gasteiger partial charge in [-0.05, 0) is 23.8 Å². The first-order chi connectivity index (χ1) is 12.7. The first kappa shape index (κ1) is 20.4. The first-order valence-electron chi connectivity index (χ1n) is 8.16. The zero-order chi connectivity index (χ0) is 20.0. The number of likely N-dealkylation sites (N-methyl/N-ethyl adjacent to an activating group) is 1. The summed E-state index contributed by atoms with van der Waals surface area (Å²) in [7, 11) is -0.882. The minimum Gasteiger partial charge on any atom is -0.465 e. The number of hydrogen-bond acceptors (Lipinski definition) is 5. The number of amides is 1. The number of benzene rings is 2. The summed E-state index contributed by atoms with van der Waals surface area (Å²) in [5.74, 6) is -0.953. The Morgan fingerprint density at radius 1 is 1.04 bits per heavy atom. The molecular weight excluding hydrogens is 368 g/mol. The Labute approximate surface area is 159 Å². The highest BCUT2D eigenvalue weighted by atomic mass is 32.2. The van der Waals surface area contributed by atoms with Crippen LogP contribution in [0.25, 0.3) is 0 Å². The van der Waals surface area contributed by atoms with Gasteiger partial charge in [-0.3, -0.25) is 9.10 Å². The third-order valence-corrected chi connectivity index (χ3v) is 5.06. The van der Waals surface area contributed by atoms with Crippen LogP contribution in [0.2, 0.25) is 0 Å². The highest BCUT2D eigenvalue weighted by Gasteiger charge is 2.23. The summed E-state index contributed by atoms with van der Waals surface area (Å²) < 4.78 is 30.1. The van der Waals surface area contributed by atoms with Crippen molar-refractivity contribution in [3.63, 3.8) is 0 Å². The van der Waals surface area contributed by atoms with Gasteiger partial charge in [0.1, 0.15) is 6.54 Å². The van der Waals surface area contributed by atoms with Gasteiger partial charge in [0.15, 0.2) is 0 Å². The number of hydrogen-bond donors (Lipinski definition) is 0. The topological polar surface area (TPSA) is 84.0 Å². The standard InChI is InChI=1S/C19H22N2O5S/c1-20(13-15-8-5-4-6-9-15)18(22)14-21(27(3,24)25)17-11-7-10-16(12-17)19(23)26-2/h4-12H,13-14H2,1-3H3. The molecule has 0 bridgehead atoms. The van der Waals surface area contributed by atoms with Gasteiger partial charge in [0.25, 0.3) is 0 Å². The monoisotopic (exact) mass is 390 g/mol. The van der Waals surface area contributed by atoms with Crippen LogP contribution in [0, 0.1) is 0 Å². The molecule has 2 aromatic carbocycles. The highest BCUT2D eigenvalue weighted by molar-refractivity contribution is 7.92. The van der Waals surface area contributed by atoms with Crippen molar-refractivity contribution in [3.8, 4) is 0 Å². The molecule has 0 fully saturated rings. The summed E-state index contributed by atoms with van der Waals surface area (Å²) in [5, 5.41) is 0. The lowest BCUT2D eigenvalue weighted by Crippen LogP contribution is -2.41. The van der Waals surface area contributed by atoms with E-state index >= 15 is 0 Å². The van der Waals surface area contributed by atoms with Gasteiger partial charge >= 0.3 is 5.97 Å². The highest BCUT2D eigenvalue weighted by Crippen LogP contribution is 2.20. The van der Waals surface area contributed by atoms with Crippen LogP contribution in [-0.2, 0) is 26.1 Å². The maximum atomic E-state index is 12.6. The molecule has 0 aliphatic heterocycles. The Morgan fingerprint density at radius 2 is 1.70 bits per heavy atom. The molecule has 0 heterocycles. The maximum Gasteiger partial charge on any atom is 0.337 e. The molecule has 8 heteroatoms. The quantitative estimate of drug-likeness (QED) is 0.674. The number of esters is 1. The van der Waals surface area contributed by atoms with Crippen LogP contribution in [0.3, 0.4) is 0 Å². The van der Waals surface area contributed by atoms with Gasteiger partial charge in [-0.25, -0.2) is 13.2 Å². The van der Waals surface area contributed by atoms with Crippen molar-refractivity contribution < 1.29 is 22.7 Å². The normalized spacial score (nSPS) is 10.9. The number of nitrogens with zero attached hydrogens (tertiary/aromatic N) is 2. The number of sulfonamides is 1. The molecule has 0 unspecified atom stereocenters. The predicted octanol–water partition coefficient (Wildman–Crippen LogP) is 1.90. The van der Waals surface area contributed by atoms with E-state index in [9.17, 15) is 18.0 Å². The van der Waals surface area contributed by atoms with Crippen LogP contribution in [0.15, 0.2) is 54.6 Å². The van der Waals surface area contributed by atoms with Crippen LogP contribution in [-0.4, -0.2) is 52.2 Å². The lowest BCUT2D eigenvalue weighted by Gasteiger charge is -2.25. The molecule has 0 saturated carbocycles. The molecule has 2 rings (SSSR count). The molecule has 2 aromatic rings. The number of carbonyl (C=O) groups is 2. The third-order valence-electron chi connectivity index (χ3n) is 3.92. The largest absolute Gasteiger partial charge is 0.465 e. The van der Waals surface area contributed by atoms with Gasteiger partial charge in [-0.1, -0.05) is 36.4 Å². The van der Waals surface area contributed by atoms with Gasteiger partial charge in [0, 0.05) is 13.6 Å². The molecule has 0 radical (unpaired) electrons. The van der Waals surface area contributed by atoms with Gasteiger partial charge in [0.2, 0.25) is 15.9 Å². The molecule has 1 amide bonds. The van der Waals surface area contributed by atoms with Crippen molar-refractivity contribution in [2.45, 2.75) is 6.54 Å². The number of anilines is 1. The lowest BCUT2D eigenvalue weighted by molar-refractivity contribution is -0.128. The Balaban J connectivity index is 2.22. The molecule has 144 valence electrons. The Kier molecular flexibility index (Phi) is 6.57. The fourth-order valence-corrected chi connectivity index (χ4v) is 3.34. The Morgan fingerprint density at radius 3 is 2.30 bits per heavy atom. The van der Waals surface area contributed by atoms with Gasteiger partial charge < -0.3 is 9.64 Å². The molecule has 0 aromatic heterocycles. The second-order valence-corrected chi connectivity index (χ2v) is 7.95. The fraction of sp³-hybridized carbons (Fsp3) is 0.263. The van der Waals surface area contributed by atoms with Gasteiger partial charge in [-0.2, -0.15) is 0 Å². The van der Waals surface area contributed by atoms with Crippen molar-refractivity contribution in [2.24, 2.45) is 0 Å². The van der Waals surface area contributed by atoms with Crippen molar-refractivity contribution in [2.75, 3.05) is 31.3 Å². The third kappa shape index (κ3) is 5.55. The molecule has 0 N–H and O–H groups in total. The second kappa shape index (κ2) is 8.68. The predicted molar refractivity (Wildman–Crippen MR) is 103 cm³/mol. The van der Waals surface area contributed by atoms with E-state index in [0.717, 1.165) is 16.1 Å². The van der Waals surface area contributed by atoms with E-state index in [1.54, 1.807) is 7.05 Å². The molecule has 0 aliphatic rings. The number of ether oxygens (including phenoxy) is 1. The molecule has 7 nitrogen and oxygen atoms in total. The molecule has 0 spiro atoms. The molecule has 27 heavy (non-hydrogen) atoms. The maximum absolute atomic E-state index is 12.6. The van der Waals surface area contributed by atoms with Crippen LogP contribution < -0.4 is 4.31 Å². The van der Waals surface area contributed by atoms with Gasteiger partial charge in [0.05, 0.1) is 24.6 Å². The zero-order valence-electron chi connectivity index (χ0n) is 15.5. The molecule has 0 saturated heterocycles. The van der Waals surface area contributed by atoms with E-state index in [1.807, 2.05) is 30.3 Å². The summed E-state index contributed by atoms with van der Waals surface area (Å²) in [4.78, 5) is 25.7. The van der Waals surface area contributed by atoms with Crippen LogP contribution in [0.1, 0.15) is 15.9 Å². The Hall–Kier alpha value is -2.87. The van der Waals surface area contributed by atoms with E-state index in [-0.39, 0.29) is 23.7 Å². The zero-order valence-corrected chi connectivity index (χ0v) is 16.3. The summed E-state index contributed by atoms with van der Waals surface area (Å²) in [6, 6.07) is 15.4. The van der Waals surface area contributed by atoms with E-state index in [0.29, 0.717) is 6.54 Å². The molecule has 0 atom stereocenters. The van der Waals surface area contributed by atoms with E-state index in [4.69, 9.17) is 0 Å². The number of rotatable bonds is 7. The van der Waals surface area contributed by atoms with E-state index < -0.39 is 16.0 Å². The molecular formula is C19H22N2O5S. The molecule has 0 aliphatic carbocycles. The van der Waals surface area contributed by atoms with E-state index in [2.05, 4.69) is 4.74 Å². The lowest BCUT2D eigenvalue weighted by atomic mass is 10.2. The van der Waals surface area contributed by atoms with Crippen LogP contribution >= 0.6 is 0 Å². The summed E-state index contributed by atoms with van der Waals surface area (Å²) >= 11 is 0. The minimum atomic E-state index is -3.73. The van der Waals surface area contributed by atoms with Crippen LogP contribution in [0.5, 0.6) is 0 Å². The Bertz CT molecular complexity index is 913. The first-order valence-corrected chi connectivity index (χ1v) is 10.0. The van der Waals surface area contributed by atoms with Crippen molar-refractivity contribution in [1.29, 1.82) is 0 Å². The SMILES string of the molecule is COC(=O)c1cccc(N(CC(=O)N(C)Cc2ccccc2)S(C)(=O)=O)c1.